The van der Waals surface area contributed by atoms with Gasteiger partial charge in [-0.1, -0.05) is 13.3 Å². The minimum absolute atomic E-state index is 0.113. The molecule has 16 heavy (non-hydrogen) atoms. The number of carbonyl (C=O) groups is 1. The molecule has 1 aromatic carbocycles. The second-order valence-electron chi connectivity index (χ2n) is 3.67. The van der Waals surface area contributed by atoms with Gasteiger partial charge in [-0.2, -0.15) is 0 Å². The largest absolute Gasteiger partial charge is 0.490 e. The molecule has 0 aromatic heterocycles. The first-order valence-electron chi connectivity index (χ1n) is 5.24. The first-order valence-corrected chi connectivity index (χ1v) is 6.32. The van der Waals surface area contributed by atoms with Gasteiger partial charge in [-0.25, -0.2) is 4.79 Å². The maximum atomic E-state index is 10.8. The predicted molar refractivity (Wildman–Crippen MR) is 71.1 cm³/mol. The lowest BCUT2D eigenvalue weighted by molar-refractivity contribution is 0.0696. The standard InChI is InChI=1S/C12H15IO3/c1-3-4-8(2)16-11-7-9(12(14)15)5-6-10(11)13/h5-8H,3-4H2,1-2H3,(H,14,15). The molecule has 88 valence electrons. The summed E-state index contributed by atoms with van der Waals surface area (Å²) in [6.45, 7) is 4.09. The number of carboxylic acids is 1. The number of aromatic carboxylic acids is 1. The Hall–Kier alpha value is -0.780. The minimum atomic E-state index is -0.926. The van der Waals surface area contributed by atoms with Crippen LogP contribution in [-0.4, -0.2) is 17.2 Å². The Bertz CT molecular complexity index is 377. The molecular formula is C12H15IO3. The highest BCUT2D eigenvalue weighted by Crippen LogP contribution is 2.24. The molecule has 0 aliphatic heterocycles. The zero-order chi connectivity index (χ0) is 12.1. The molecule has 4 heteroatoms. The van der Waals surface area contributed by atoms with Crippen LogP contribution in [0.5, 0.6) is 5.75 Å². The van der Waals surface area contributed by atoms with E-state index in [2.05, 4.69) is 29.5 Å². The van der Waals surface area contributed by atoms with E-state index in [1.807, 2.05) is 6.92 Å². The summed E-state index contributed by atoms with van der Waals surface area (Å²) >= 11 is 2.14. The highest BCUT2D eigenvalue weighted by Gasteiger charge is 2.10. The first-order chi connectivity index (χ1) is 7.54. The molecule has 0 fully saturated rings. The van der Waals surface area contributed by atoms with Gasteiger partial charge in [-0.3, -0.25) is 0 Å². The van der Waals surface area contributed by atoms with Crippen LogP contribution in [0.1, 0.15) is 37.0 Å². The van der Waals surface area contributed by atoms with Gasteiger partial charge in [-0.15, -0.1) is 0 Å². The molecule has 0 aliphatic rings. The van der Waals surface area contributed by atoms with Crippen molar-refractivity contribution in [3.63, 3.8) is 0 Å². The average molecular weight is 334 g/mol. The molecule has 0 heterocycles. The van der Waals surface area contributed by atoms with Crippen LogP contribution in [-0.2, 0) is 0 Å². The van der Waals surface area contributed by atoms with Crippen molar-refractivity contribution in [2.24, 2.45) is 0 Å². The van der Waals surface area contributed by atoms with Crippen LogP contribution in [0.4, 0.5) is 0 Å². The van der Waals surface area contributed by atoms with Crippen LogP contribution in [0.3, 0.4) is 0 Å². The number of carboxylic acid groups (broad SMARTS) is 1. The molecule has 1 rings (SSSR count). The molecule has 0 aliphatic carbocycles. The van der Waals surface area contributed by atoms with Gasteiger partial charge in [0.15, 0.2) is 0 Å². The van der Waals surface area contributed by atoms with Crippen molar-refractivity contribution in [2.75, 3.05) is 0 Å². The lowest BCUT2D eigenvalue weighted by Crippen LogP contribution is -2.12. The molecule has 1 unspecified atom stereocenters. The Morgan fingerprint density at radius 3 is 2.81 bits per heavy atom. The van der Waals surface area contributed by atoms with Gasteiger partial charge in [0, 0.05) is 0 Å². The number of hydrogen-bond acceptors (Lipinski definition) is 2. The Morgan fingerprint density at radius 1 is 1.56 bits per heavy atom. The summed E-state index contributed by atoms with van der Waals surface area (Å²) in [6, 6.07) is 4.93. The normalized spacial score (nSPS) is 12.2. The van der Waals surface area contributed by atoms with Crippen molar-refractivity contribution >= 4 is 28.6 Å². The van der Waals surface area contributed by atoms with Crippen molar-refractivity contribution in [1.29, 1.82) is 0 Å². The zero-order valence-corrected chi connectivity index (χ0v) is 11.5. The quantitative estimate of drug-likeness (QED) is 0.838. The van der Waals surface area contributed by atoms with Gasteiger partial charge in [0.2, 0.25) is 0 Å². The predicted octanol–water partition coefficient (Wildman–Crippen LogP) is 3.56. The highest BCUT2D eigenvalue weighted by atomic mass is 127. The number of rotatable bonds is 5. The van der Waals surface area contributed by atoms with E-state index in [0.717, 1.165) is 16.4 Å². The van der Waals surface area contributed by atoms with Gasteiger partial charge < -0.3 is 9.84 Å². The van der Waals surface area contributed by atoms with E-state index in [0.29, 0.717) is 5.75 Å². The second kappa shape index (κ2) is 6.08. The van der Waals surface area contributed by atoms with Crippen molar-refractivity contribution in [2.45, 2.75) is 32.8 Å². The molecule has 0 amide bonds. The summed E-state index contributed by atoms with van der Waals surface area (Å²) in [6.07, 6.45) is 2.13. The molecule has 0 spiro atoms. The van der Waals surface area contributed by atoms with E-state index >= 15 is 0 Å². The maximum Gasteiger partial charge on any atom is 0.335 e. The van der Waals surface area contributed by atoms with Gasteiger partial charge >= 0.3 is 5.97 Å². The first kappa shape index (κ1) is 13.3. The smallest absolute Gasteiger partial charge is 0.335 e. The van der Waals surface area contributed by atoms with Crippen LogP contribution >= 0.6 is 22.6 Å². The fourth-order valence-corrected chi connectivity index (χ4v) is 1.87. The van der Waals surface area contributed by atoms with Crippen LogP contribution < -0.4 is 4.74 Å². The van der Waals surface area contributed by atoms with Gasteiger partial charge in [0.1, 0.15) is 5.75 Å². The Balaban J connectivity index is 2.85. The topological polar surface area (TPSA) is 46.5 Å². The molecule has 0 bridgehead atoms. The number of benzene rings is 1. The molecular weight excluding hydrogens is 319 g/mol. The van der Waals surface area contributed by atoms with Gasteiger partial charge in [0.25, 0.3) is 0 Å². The second-order valence-corrected chi connectivity index (χ2v) is 4.83. The minimum Gasteiger partial charge on any atom is -0.490 e. The number of hydrogen-bond donors (Lipinski definition) is 1. The highest BCUT2D eigenvalue weighted by molar-refractivity contribution is 14.1. The monoisotopic (exact) mass is 334 g/mol. The molecule has 0 saturated heterocycles. The van der Waals surface area contributed by atoms with E-state index in [9.17, 15) is 4.79 Å². The fraction of sp³-hybridized carbons (Fsp3) is 0.417. The summed E-state index contributed by atoms with van der Waals surface area (Å²) in [5.74, 6) is -0.272. The third-order valence-corrected chi connectivity index (χ3v) is 3.09. The van der Waals surface area contributed by atoms with E-state index in [1.165, 1.54) is 0 Å². The van der Waals surface area contributed by atoms with Crippen LogP contribution in [0.2, 0.25) is 0 Å². The summed E-state index contributed by atoms with van der Waals surface area (Å²) < 4.78 is 6.64. The lowest BCUT2D eigenvalue weighted by Gasteiger charge is -2.15. The van der Waals surface area contributed by atoms with Gasteiger partial charge in [0.05, 0.1) is 15.2 Å². The van der Waals surface area contributed by atoms with E-state index in [-0.39, 0.29) is 11.7 Å². The molecule has 3 nitrogen and oxygen atoms in total. The van der Waals surface area contributed by atoms with Crippen molar-refractivity contribution in [3.8, 4) is 5.75 Å². The van der Waals surface area contributed by atoms with Crippen LogP contribution in [0.25, 0.3) is 0 Å². The summed E-state index contributed by atoms with van der Waals surface area (Å²) in [4.78, 5) is 10.8. The third kappa shape index (κ3) is 3.66. The van der Waals surface area contributed by atoms with Crippen molar-refractivity contribution < 1.29 is 14.6 Å². The number of halogens is 1. The number of ether oxygens (including phenoxy) is 1. The summed E-state index contributed by atoms with van der Waals surface area (Å²) in [7, 11) is 0. The van der Waals surface area contributed by atoms with Crippen molar-refractivity contribution in [3.05, 3.63) is 27.3 Å². The zero-order valence-electron chi connectivity index (χ0n) is 9.37. The Labute approximate surface area is 109 Å². The van der Waals surface area contributed by atoms with Crippen LogP contribution in [0, 0.1) is 3.57 Å². The third-order valence-electron chi connectivity index (χ3n) is 2.20. The lowest BCUT2D eigenvalue weighted by atomic mass is 10.2. The molecule has 0 radical (unpaired) electrons. The van der Waals surface area contributed by atoms with E-state index in [1.54, 1.807) is 18.2 Å². The average Bonchev–Trinajstić information content (AvgIpc) is 2.21. The fourth-order valence-electron chi connectivity index (χ4n) is 1.41. The van der Waals surface area contributed by atoms with Gasteiger partial charge in [-0.05, 0) is 54.1 Å². The Kier molecular flexibility index (Phi) is 5.05. The molecule has 0 saturated carbocycles. The summed E-state index contributed by atoms with van der Waals surface area (Å²) in [5.41, 5.74) is 0.263. The maximum absolute atomic E-state index is 10.8. The molecule has 1 N–H and O–H groups in total. The van der Waals surface area contributed by atoms with Crippen LogP contribution in [0.15, 0.2) is 18.2 Å². The molecule has 1 atom stereocenters. The SMILES string of the molecule is CCCC(C)Oc1cc(C(=O)O)ccc1I. The van der Waals surface area contributed by atoms with Crippen molar-refractivity contribution in [1.82, 2.24) is 0 Å². The Morgan fingerprint density at radius 2 is 2.25 bits per heavy atom. The van der Waals surface area contributed by atoms with E-state index < -0.39 is 5.97 Å². The van der Waals surface area contributed by atoms with E-state index in [4.69, 9.17) is 9.84 Å². The summed E-state index contributed by atoms with van der Waals surface area (Å²) in [5, 5.41) is 8.88. The molecule has 1 aromatic rings.